The molecular weight excluding hydrogens is 358 g/mol. The number of rotatable bonds is 4. The van der Waals surface area contributed by atoms with Crippen LogP contribution in [0, 0.1) is 0 Å². The lowest BCUT2D eigenvalue weighted by Crippen LogP contribution is -2.69. The SMILES string of the molecule is COc1ccc(CNC(=O)[C@]23CCC(=O)N2c2ccccc2C(=O)N3C)cc1. The fraction of sp³-hybridized carbons (Fsp3) is 0.286. The van der Waals surface area contributed by atoms with Gasteiger partial charge in [-0.1, -0.05) is 24.3 Å². The summed E-state index contributed by atoms with van der Waals surface area (Å²) in [6, 6.07) is 14.3. The van der Waals surface area contributed by atoms with E-state index in [-0.39, 0.29) is 37.1 Å². The first-order valence-electron chi connectivity index (χ1n) is 9.10. The number of anilines is 1. The van der Waals surface area contributed by atoms with Crippen LogP contribution in [-0.4, -0.2) is 42.4 Å². The number of carbonyl (C=O) groups is 3. The molecule has 2 aliphatic rings. The number of methoxy groups -OCH3 is 1. The summed E-state index contributed by atoms with van der Waals surface area (Å²) < 4.78 is 5.14. The Morgan fingerprint density at radius 2 is 1.86 bits per heavy atom. The minimum absolute atomic E-state index is 0.161. The summed E-state index contributed by atoms with van der Waals surface area (Å²) in [5, 5.41) is 2.90. The van der Waals surface area contributed by atoms with Crippen LogP contribution in [0.15, 0.2) is 48.5 Å². The molecule has 1 N–H and O–H groups in total. The molecule has 2 aromatic rings. The molecule has 3 amide bonds. The van der Waals surface area contributed by atoms with Crippen LogP contribution < -0.4 is 15.0 Å². The van der Waals surface area contributed by atoms with Crippen molar-refractivity contribution < 1.29 is 19.1 Å². The van der Waals surface area contributed by atoms with E-state index in [1.54, 1.807) is 38.4 Å². The molecule has 2 aromatic carbocycles. The van der Waals surface area contributed by atoms with E-state index >= 15 is 0 Å². The van der Waals surface area contributed by atoms with Crippen LogP contribution in [0.1, 0.15) is 28.8 Å². The van der Waals surface area contributed by atoms with Gasteiger partial charge in [-0.3, -0.25) is 19.3 Å². The fourth-order valence-electron chi connectivity index (χ4n) is 4.00. The lowest BCUT2D eigenvalue weighted by atomic mass is 9.96. The number of hydrogen-bond acceptors (Lipinski definition) is 4. The van der Waals surface area contributed by atoms with E-state index in [9.17, 15) is 14.4 Å². The Hall–Kier alpha value is -3.35. The van der Waals surface area contributed by atoms with Crippen molar-refractivity contribution in [3.63, 3.8) is 0 Å². The molecule has 2 heterocycles. The summed E-state index contributed by atoms with van der Waals surface area (Å²) in [7, 11) is 3.17. The first-order chi connectivity index (χ1) is 13.5. The third kappa shape index (κ3) is 2.54. The molecular formula is C21H21N3O4. The second-order valence-corrected chi connectivity index (χ2v) is 6.96. The molecule has 0 spiro atoms. The van der Waals surface area contributed by atoms with Crippen molar-refractivity contribution in [1.29, 1.82) is 0 Å². The number of fused-ring (bicyclic) bond motifs is 3. The Morgan fingerprint density at radius 1 is 1.14 bits per heavy atom. The monoisotopic (exact) mass is 379 g/mol. The molecule has 144 valence electrons. The van der Waals surface area contributed by atoms with Crippen LogP contribution in [-0.2, 0) is 16.1 Å². The van der Waals surface area contributed by atoms with Gasteiger partial charge in [-0.05, 0) is 29.8 Å². The van der Waals surface area contributed by atoms with Gasteiger partial charge in [0.15, 0.2) is 0 Å². The summed E-state index contributed by atoms with van der Waals surface area (Å²) in [5.41, 5.74) is 0.479. The van der Waals surface area contributed by atoms with Gasteiger partial charge in [-0.25, -0.2) is 0 Å². The number of likely N-dealkylation sites (N-methyl/N-ethyl adjacent to an activating group) is 1. The quantitative estimate of drug-likeness (QED) is 0.880. The molecule has 2 aliphatic heterocycles. The van der Waals surface area contributed by atoms with Crippen LogP contribution in [0.5, 0.6) is 5.75 Å². The second-order valence-electron chi connectivity index (χ2n) is 6.96. The molecule has 0 aliphatic carbocycles. The second kappa shape index (κ2) is 6.67. The average molecular weight is 379 g/mol. The van der Waals surface area contributed by atoms with Crippen molar-refractivity contribution >= 4 is 23.4 Å². The minimum atomic E-state index is -1.34. The highest BCUT2D eigenvalue weighted by atomic mass is 16.5. The van der Waals surface area contributed by atoms with Gasteiger partial charge in [0.1, 0.15) is 5.75 Å². The van der Waals surface area contributed by atoms with Crippen LogP contribution in [0.4, 0.5) is 5.69 Å². The van der Waals surface area contributed by atoms with Gasteiger partial charge < -0.3 is 15.0 Å². The average Bonchev–Trinajstić information content (AvgIpc) is 3.09. The molecule has 7 heteroatoms. The summed E-state index contributed by atoms with van der Waals surface area (Å²) >= 11 is 0. The zero-order chi connectivity index (χ0) is 19.9. The predicted octanol–water partition coefficient (Wildman–Crippen LogP) is 1.92. The van der Waals surface area contributed by atoms with E-state index in [1.807, 2.05) is 24.3 Å². The lowest BCUT2D eigenvalue weighted by molar-refractivity contribution is -0.133. The number of nitrogens with zero attached hydrogens (tertiary/aromatic N) is 2. The molecule has 1 saturated heterocycles. The molecule has 0 radical (unpaired) electrons. The normalized spacial score (nSPS) is 20.6. The van der Waals surface area contributed by atoms with E-state index in [4.69, 9.17) is 4.74 Å². The molecule has 1 atom stereocenters. The van der Waals surface area contributed by atoms with Crippen molar-refractivity contribution in [1.82, 2.24) is 10.2 Å². The Labute approximate surface area is 162 Å². The summed E-state index contributed by atoms with van der Waals surface area (Å²) in [5.74, 6) is -0.0532. The predicted molar refractivity (Wildman–Crippen MR) is 103 cm³/mol. The number of benzene rings is 2. The summed E-state index contributed by atoms with van der Waals surface area (Å²) in [6.45, 7) is 0.288. The number of para-hydroxylation sites is 1. The number of ether oxygens (including phenoxy) is 1. The highest BCUT2D eigenvalue weighted by molar-refractivity contribution is 6.16. The van der Waals surface area contributed by atoms with Gasteiger partial charge >= 0.3 is 0 Å². The number of nitrogens with one attached hydrogen (secondary N) is 1. The van der Waals surface area contributed by atoms with Crippen LogP contribution in [0.25, 0.3) is 0 Å². The molecule has 0 aromatic heterocycles. The lowest BCUT2D eigenvalue weighted by Gasteiger charge is -2.47. The third-order valence-corrected chi connectivity index (χ3v) is 5.52. The zero-order valence-corrected chi connectivity index (χ0v) is 15.8. The first-order valence-corrected chi connectivity index (χ1v) is 9.10. The van der Waals surface area contributed by atoms with Crippen molar-refractivity contribution in [2.75, 3.05) is 19.1 Å². The Balaban J connectivity index is 1.65. The van der Waals surface area contributed by atoms with Crippen LogP contribution >= 0.6 is 0 Å². The molecule has 0 saturated carbocycles. The maximum absolute atomic E-state index is 13.3. The van der Waals surface area contributed by atoms with E-state index in [2.05, 4.69) is 5.32 Å². The molecule has 1 fully saturated rings. The molecule has 28 heavy (non-hydrogen) atoms. The number of carbonyl (C=O) groups excluding carboxylic acids is 3. The molecule has 0 unspecified atom stereocenters. The summed E-state index contributed by atoms with van der Waals surface area (Å²) in [4.78, 5) is 41.7. The van der Waals surface area contributed by atoms with Gasteiger partial charge in [0.25, 0.3) is 11.8 Å². The van der Waals surface area contributed by atoms with Crippen molar-refractivity contribution in [2.24, 2.45) is 0 Å². The van der Waals surface area contributed by atoms with E-state index in [1.165, 1.54) is 9.80 Å². The third-order valence-electron chi connectivity index (χ3n) is 5.52. The molecule has 7 nitrogen and oxygen atoms in total. The van der Waals surface area contributed by atoms with Crippen molar-refractivity contribution in [2.45, 2.75) is 25.0 Å². The largest absolute Gasteiger partial charge is 0.497 e. The molecule has 4 rings (SSSR count). The van der Waals surface area contributed by atoms with Crippen LogP contribution in [0.2, 0.25) is 0 Å². The topological polar surface area (TPSA) is 79.0 Å². The first kappa shape index (κ1) is 18.0. The number of hydrogen-bond donors (Lipinski definition) is 1. The van der Waals surface area contributed by atoms with Gasteiger partial charge in [-0.15, -0.1) is 0 Å². The van der Waals surface area contributed by atoms with Crippen LogP contribution in [0.3, 0.4) is 0 Å². The maximum atomic E-state index is 13.3. The number of amides is 3. The standard InChI is InChI=1S/C21H21N3O4/c1-23-19(26)16-5-3-4-6-17(16)24-18(25)11-12-21(23,24)20(27)22-13-14-7-9-15(28-2)10-8-14/h3-10H,11-13H2,1-2H3,(H,22,27)/t21-/m0/s1. The fourth-order valence-corrected chi connectivity index (χ4v) is 4.00. The van der Waals surface area contributed by atoms with Gasteiger partial charge in [0.05, 0.1) is 18.4 Å². The van der Waals surface area contributed by atoms with Gasteiger partial charge in [0.2, 0.25) is 11.6 Å². The van der Waals surface area contributed by atoms with E-state index in [0.29, 0.717) is 11.3 Å². The Morgan fingerprint density at radius 3 is 2.57 bits per heavy atom. The van der Waals surface area contributed by atoms with Crippen molar-refractivity contribution in [3.05, 3.63) is 59.7 Å². The summed E-state index contributed by atoms with van der Waals surface area (Å²) in [6.07, 6.45) is 0.471. The van der Waals surface area contributed by atoms with E-state index < -0.39 is 5.66 Å². The van der Waals surface area contributed by atoms with E-state index in [0.717, 1.165) is 11.3 Å². The highest BCUT2D eigenvalue weighted by Gasteiger charge is 2.59. The molecule has 0 bridgehead atoms. The van der Waals surface area contributed by atoms with Gasteiger partial charge in [-0.2, -0.15) is 0 Å². The smallest absolute Gasteiger partial charge is 0.267 e. The highest BCUT2D eigenvalue weighted by Crippen LogP contribution is 2.43. The Kier molecular flexibility index (Phi) is 4.30. The van der Waals surface area contributed by atoms with Gasteiger partial charge in [0, 0.05) is 26.4 Å². The zero-order valence-electron chi connectivity index (χ0n) is 15.8. The Bertz CT molecular complexity index is 956. The van der Waals surface area contributed by atoms with Crippen molar-refractivity contribution in [3.8, 4) is 5.75 Å². The maximum Gasteiger partial charge on any atom is 0.267 e. The minimum Gasteiger partial charge on any atom is -0.497 e.